The van der Waals surface area contributed by atoms with E-state index in [9.17, 15) is 29.1 Å². The third kappa shape index (κ3) is 8.84. The van der Waals surface area contributed by atoms with Gasteiger partial charge in [-0.15, -0.1) is 0 Å². The van der Waals surface area contributed by atoms with Gasteiger partial charge in [-0.2, -0.15) is 0 Å². The highest BCUT2D eigenvalue weighted by Crippen LogP contribution is 2.06. The molecule has 0 unspecified atom stereocenters. The quantitative estimate of drug-likeness (QED) is 0.236. The van der Waals surface area contributed by atoms with Gasteiger partial charge in [0.25, 0.3) is 0 Å². The lowest BCUT2D eigenvalue weighted by Gasteiger charge is -2.22. The molecule has 1 rings (SSSR count). The number of hydrogen-bond acceptors (Lipinski definition) is 6. The number of benzene rings is 1. The van der Waals surface area contributed by atoms with Gasteiger partial charge < -0.3 is 32.3 Å². The molecule has 29 heavy (non-hydrogen) atoms. The Morgan fingerprint density at radius 3 is 2.03 bits per heavy atom. The smallest absolute Gasteiger partial charge is 0.326 e. The summed E-state index contributed by atoms with van der Waals surface area (Å²) in [5, 5.41) is 22.5. The summed E-state index contributed by atoms with van der Waals surface area (Å²) in [4.78, 5) is 57.8. The topological polar surface area (TPSA) is 202 Å². The average Bonchev–Trinajstić information content (AvgIpc) is 2.64. The fraction of sp³-hybridized carbons (Fsp3) is 0.389. The summed E-state index contributed by atoms with van der Waals surface area (Å²) in [7, 11) is 0. The van der Waals surface area contributed by atoms with Crippen LogP contribution in [0.2, 0.25) is 0 Å². The number of aliphatic carboxylic acids is 2. The first-order chi connectivity index (χ1) is 13.6. The van der Waals surface area contributed by atoms with Crippen molar-refractivity contribution in [3.8, 4) is 0 Å². The minimum Gasteiger partial charge on any atom is -0.481 e. The Kier molecular flexibility index (Phi) is 9.26. The summed E-state index contributed by atoms with van der Waals surface area (Å²) in [6.07, 6.45) is -1.20. The minimum atomic E-state index is -1.45. The standard InChI is InChI=1S/C18H24N4O7/c19-11(9-14(20)23)16(26)22-13(8-10-4-2-1-3-5-10)17(27)21-12(18(28)29)6-7-15(24)25/h1-5,11-13H,6-9,19H2,(H2,20,23)(H,21,27)(H,22,26)(H,24,25)(H,28,29)/t11-,12-,13-/m0/s1. The monoisotopic (exact) mass is 408 g/mol. The van der Waals surface area contributed by atoms with Gasteiger partial charge >= 0.3 is 11.9 Å². The molecule has 0 bridgehead atoms. The molecule has 0 saturated carbocycles. The molecular weight excluding hydrogens is 384 g/mol. The van der Waals surface area contributed by atoms with Crippen molar-refractivity contribution in [2.24, 2.45) is 11.5 Å². The van der Waals surface area contributed by atoms with E-state index in [1.165, 1.54) is 0 Å². The van der Waals surface area contributed by atoms with Crippen LogP contribution >= 0.6 is 0 Å². The van der Waals surface area contributed by atoms with Gasteiger partial charge in [0.05, 0.1) is 12.5 Å². The largest absolute Gasteiger partial charge is 0.481 e. The lowest BCUT2D eigenvalue weighted by Crippen LogP contribution is -2.55. The lowest BCUT2D eigenvalue weighted by molar-refractivity contribution is -0.143. The normalized spacial score (nSPS) is 13.6. The summed E-state index contributed by atoms with van der Waals surface area (Å²) < 4.78 is 0. The SMILES string of the molecule is NC(=O)C[C@H](N)C(=O)N[C@@H](Cc1ccccc1)C(=O)N[C@@H](CCC(=O)O)C(=O)O. The Morgan fingerprint density at radius 2 is 1.52 bits per heavy atom. The predicted octanol–water partition coefficient (Wildman–Crippen LogP) is -1.65. The van der Waals surface area contributed by atoms with Crippen LogP contribution in [0, 0.1) is 0 Å². The Bertz CT molecular complexity index is 754. The molecule has 158 valence electrons. The van der Waals surface area contributed by atoms with Gasteiger partial charge in [-0.3, -0.25) is 19.2 Å². The van der Waals surface area contributed by atoms with Gasteiger partial charge in [-0.05, 0) is 12.0 Å². The van der Waals surface area contributed by atoms with E-state index in [1.807, 2.05) is 0 Å². The second-order valence-electron chi connectivity index (χ2n) is 6.36. The van der Waals surface area contributed by atoms with Crippen LogP contribution in [0.4, 0.5) is 0 Å². The molecule has 1 aromatic rings. The highest BCUT2D eigenvalue weighted by Gasteiger charge is 2.28. The van der Waals surface area contributed by atoms with Crippen LogP contribution in [0.5, 0.6) is 0 Å². The highest BCUT2D eigenvalue weighted by atomic mass is 16.4. The van der Waals surface area contributed by atoms with Crippen molar-refractivity contribution in [1.82, 2.24) is 10.6 Å². The summed E-state index contributed by atoms with van der Waals surface area (Å²) in [6.45, 7) is 0. The summed E-state index contributed by atoms with van der Waals surface area (Å²) in [5.41, 5.74) is 11.3. The van der Waals surface area contributed by atoms with Crippen LogP contribution in [0.25, 0.3) is 0 Å². The van der Waals surface area contributed by atoms with Crippen LogP contribution in [-0.2, 0) is 30.4 Å². The maximum Gasteiger partial charge on any atom is 0.326 e. The molecule has 11 nitrogen and oxygen atoms in total. The predicted molar refractivity (Wildman–Crippen MR) is 100 cm³/mol. The van der Waals surface area contributed by atoms with E-state index in [4.69, 9.17) is 16.6 Å². The van der Waals surface area contributed by atoms with E-state index in [-0.39, 0.29) is 12.8 Å². The zero-order valence-corrected chi connectivity index (χ0v) is 15.5. The number of hydrogen-bond donors (Lipinski definition) is 6. The van der Waals surface area contributed by atoms with E-state index in [0.29, 0.717) is 5.56 Å². The van der Waals surface area contributed by atoms with E-state index >= 15 is 0 Å². The second kappa shape index (κ2) is 11.4. The van der Waals surface area contributed by atoms with Gasteiger partial charge in [-0.25, -0.2) is 4.79 Å². The highest BCUT2D eigenvalue weighted by molar-refractivity contribution is 5.93. The third-order valence-electron chi connectivity index (χ3n) is 3.93. The van der Waals surface area contributed by atoms with Crippen LogP contribution in [0.15, 0.2) is 30.3 Å². The number of nitrogens with two attached hydrogens (primary N) is 2. The van der Waals surface area contributed by atoms with Gasteiger partial charge in [-0.1, -0.05) is 30.3 Å². The van der Waals surface area contributed by atoms with Gasteiger partial charge in [0.15, 0.2) is 0 Å². The minimum absolute atomic E-state index is 0.0208. The molecule has 0 heterocycles. The summed E-state index contributed by atoms with van der Waals surface area (Å²) >= 11 is 0. The molecule has 8 N–H and O–H groups in total. The van der Waals surface area contributed by atoms with Crippen LogP contribution < -0.4 is 22.1 Å². The summed E-state index contributed by atoms with van der Waals surface area (Å²) in [6, 6.07) is 4.68. The van der Waals surface area contributed by atoms with E-state index < -0.39 is 60.6 Å². The number of nitrogens with one attached hydrogen (secondary N) is 2. The molecule has 3 atom stereocenters. The number of primary amides is 1. The van der Waals surface area contributed by atoms with Gasteiger partial charge in [0.1, 0.15) is 12.1 Å². The molecule has 0 aliphatic rings. The first kappa shape index (κ1) is 23.6. The molecule has 0 saturated heterocycles. The Balaban J connectivity index is 2.94. The zero-order valence-electron chi connectivity index (χ0n) is 15.5. The molecule has 0 spiro atoms. The fourth-order valence-corrected chi connectivity index (χ4v) is 2.44. The molecule has 0 aliphatic heterocycles. The molecular formula is C18H24N4O7. The zero-order chi connectivity index (χ0) is 22.0. The number of rotatable bonds is 12. The van der Waals surface area contributed by atoms with Crippen molar-refractivity contribution in [2.75, 3.05) is 0 Å². The Hall–Kier alpha value is -3.47. The van der Waals surface area contributed by atoms with Crippen LogP contribution in [0.3, 0.4) is 0 Å². The van der Waals surface area contributed by atoms with Crippen LogP contribution in [0.1, 0.15) is 24.8 Å². The Morgan fingerprint density at radius 1 is 0.931 bits per heavy atom. The first-order valence-electron chi connectivity index (χ1n) is 8.73. The van der Waals surface area contributed by atoms with Crippen LogP contribution in [-0.4, -0.2) is 58.0 Å². The molecule has 0 radical (unpaired) electrons. The van der Waals surface area contributed by atoms with Crippen molar-refractivity contribution in [1.29, 1.82) is 0 Å². The van der Waals surface area contributed by atoms with Crippen molar-refractivity contribution < 1.29 is 34.2 Å². The summed E-state index contributed by atoms with van der Waals surface area (Å²) in [5.74, 6) is -5.05. The van der Waals surface area contributed by atoms with Gasteiger partial charge in [0.2, 0.25) is 17.7 Å². The van der Waals surface area contributed by atoms with Crippen molar-refractivity contribution >= 4 is 29.7 Å². The molecule has 0 fully saturated rings. The number of carbonyl (C=O) groups is 5. The number of amides is 3. The Labute approximate surface area is 166 Å². The molecule has 1 aromatic carbocycles. The van der Waals surface area contributed by atoms with Crippen molar-refractivity contribution in [3.05, 3.63) is 35.9 Å². The molecule has 3 amide bonds. The van der Waals surface area contributed by atoms with Crippen molar-refractivity contribution in [2.45, 2.75) is 43.8 Å². The first-order valence-corrected chi connectivity index (χ1v) is 8.73. The lowest BCUT2D eigenvalue weighted by atomic mass is 10.0. The van der Waals surface area contributed by atoms with E-state index in [2.05, 4.69) is 10.6 Å². The third-order valence-corrected chi connectivity index (χ3v) is 3.93. The molecule has 0 aromatic heterocycles. The molecule has 0 aliphatic carbocycles. The van der Waals surface area contributed by atoms with Crippen molar-refractivity contribution in [3.63, 3.8) is 0 Å². The second-order valence-corrected chi connectivity index (χ2v) is 6.36. The molecule has 11 heteroatoms. The number of carboxylic acids is 2. The van der Waals surface area contributed by atoms with Gasteiger partial charge in [0, 0.05) is 12.8 Å². The maximum atomic E-state index is 12.6. The number of carboxylic acid groups (broad SMARTS) is 2. The van der Waals surface area contributed by atoms with E-state index in [0.717, 1.165) is 0 Å². The average molecular weight is 408 g/mol. The maximum absolute atomic E-state index is 12.6. The fourth-order valence-electron chi connectivity index (χ4n) is 2.44. The number of carbonyl (C=O) groups excluding carboxylic acids is 3. The van der Waals surface area contributed by atoms with E-state index in [1.54, 1.807) is 30.3 Å².